The summed E-state index contributed by atoms with van der Waals surface area (Å²) >= 11 is 1.52. The van der Waals surface area contributed by atoms with Gasteiger partial charge in [0.15, 0.2) is 5.13 Å². The highest BCUT2D eigenvalue weighted by Gasteiger charge is 2.25. The quantitative estimate of drug-likeness (QED) is 0.833. The van der Waals surface area contributed by atoms with Crippen molar-refractivity contribution in [2.75, 3.05) is 11.9 Å². The van der Waals surface area contributed by atoms with E-state index in [-0.39, 0.29) is 24.4 Å². The summed E-state index contributed by atoms with van der Waals surface area (Å²) in [4.78, 5) is 16.9. The molecule has 1 amide bonds. The van der Waals surface area contributed by atoms with E-state index in [1.807, 2.05) is 13.8 Å². The number of halogens is 1. The van der Waals surface area contributed by atoms with Crippen LogP contribution in [0.2, 0.25) is 0 Å². The van der Waals surface area contributed by atoms with Crippen LogP contribution < -0.4 is 10.6 Å². The fourth-order valence-electron chi connectivity index (χ4n) is 1.23. The Morgan fingerprint density at radius 1 is 1.60 bits per heavy atom. The largest absolute Gasteiger partial charge is 0.306 e. The summed E-state index contributed by atoms with van der Waals surface area (Å²) in [5.41, 5.74) is 0.992. The van der Waals surface area contributed by atoms with Crippen molar-refractivity contribution in [3.8, 4) is 0 Å². The van der Waals surface area contributed by atoms with Crippen molar-refractivity contribution < 1.29 is 4.79 Å². The maximum Gasteiger partial charge on any atom is 0.243 e. The number of thiazole rings is 1. The van der Waals surface area contributed by atoms with E-state index in [0.29, 0.717) is 5.13 Å². The van der Waals surface area contributed by atoms with Gasteiger partial charge in [0.25, 0.3) is 0 Å². The van der Waals surface area contributed by atoms with E-state index in [4.69, 9.17) is 0 Å². The summed E-state index contributed by atoms with van der Waals surface area (Å²) in [7, 11) is 0. The Labute approximate surface area is 98.9 Å². The Kier molecular flexibility index (Phi) is 4.07. The molecule has 2 heterocycles. The van der Waals surface area contributed by atoms with Crippen molar-refractivity contribution >= 4 is 34.8 Å². The molecule has 15 heavy (non-hydrogen) atoms. The molecule has 1 fully saturated rings. The number of hydrogen-bond donors (Lipinski definition) is 2. The molecule has 0 aromatic carbocycles. The van der Waals surface area contributed by atoms with E-state index in [0.717, 1.165) is 23.5 Å². The number of nitrogens with one attached hydrogen (secondary N) is 2. The number of amides is 1. The van der Waals surface area contributed by atoms with Crippen molar-refractivity contribution in [2.45, 2.75) is 26.3 Å². The van der Waals surface area contributed by atoms with Crippen molar-refractivity contribution in [2.24, 2.45) is 0 Å². The molecule has 2 rings (SSSR count). The van der Waals surface area contributed by atoms with E-state index in [1.54, 1.807) is 0 Å². The zero-order valence-electron chi connectivity index (χ0n) is 8.66. The molecular formula is C9H14ClN3OS. The Morgan fingerprint density at radius 2 is 2.27 bits per heavy atom. The Hall–Kier alpha value is -0.650. The van der Waals surface area contributed by atoms with Gasteiger partial charge in [0.2, 0.25) is 5.91 Å². The molecule has 0 bridgehead atoms. The zero-order valence-corrected chi connectivity index (χ0v) is 10.3. The van der Waals surface area contributed by atoms with Gasteiger partial charge in [0, 0.05) is 4.88 Å². The number of anilines is 1. The second kappa shape index (κ2) is 4.92. The predicted molar refractivity (Wildman–Crippen MR) is 63.9 cm³/mol. The van der Waals surface area contributed by atoms with Gasteiger partial charge in [-0.3, -0.25) is 4.79 Å². The first-order chi connectivity index (χ1) is 6.66. The van der Waals surface area contributed by atoms with Gasteiger partial charge in [0.1, 0.15) is 0 Å². The number of aryl methyl sites for hydroxylation is 2. The molecule has 0 radical (unpaired) electrons. The van der Waals surface area contributed by atoms with Gasteiger partial charge in [-0.25, -0.2) is 4.98 Å². The van der Waals surface area contributed by atoms with E-state index >= 15 is 0 Å². The SMILES string of the molecule is Cc1nc(NC(=O)[C@H]2CCN2)sc1C.Cl. The molecule has 4 nitrogen and oxygen atoms in total. The van der Waals surface area contributed by atoms with Crippen molar-refractivity contribution in [3.63, 3.8) is 0 Å². The highest BCUT2D eigenvalue weighted by Crippen LogP contribution is 2.21. The first-order valence-electron chi connectivity index (χ1n) is 4.65. The zero-order chi connectivity index (χ0) is 10.1. The van der Waals surface area contributed by atoms with Crippen LogP contribution in [0.1, 0.15) is 17.0 Å². The monoisotopic (exact) mass is 247 g/mol. The van der Waals surface area contributed by atoms with Gasteiger partial charge in [0.05, 0.1) is 11.7 Å². The summed E-state index contributed by atoms with van der Waals surface area (Å²) in [6.07, 6.45) is 0.926. The fourth-order valence-corrected chi connectivity index (χ4v) is 2.05. The van der Waals surface area contributed by atoms with Crippen LogP contribution in [0, 0.1) is 13.8 Å². The molecule has 1 aliphatic heterocycles. The fraction of sp³-hybridized carbons (Fsp3) is 0.556. The van der Waals surface area contributed by atoms with E-state index in [9.17, 15) is 4.79 Å². The van der Waals surface area contributed by atoms with Crippen LogP contribution in [0.25, 0.3) is 0 Å². The predicted octanol–water partition coefficient (Wildman–Crippen LogP) is 1.48. The maximum atomic E-state index is 11.5. The van der Waals surface area contributed by atoms with Crippen LogP contribution in [0.4, 0.5) is 5.13 Å². The van der Waals surface area contributed by atoms with Crippen LogP contribution in [-0.2, 0) is 4.79 Å². The number of hydrogen-bond acceptors (Lipinski definition) is 4. The van der Waals surface area contributed by atoms with E-state index < -0.39 is 0 Å². The highest BCUT2D eigenvalue weighted by molar-refractivity contribution is 7.15. The Balaban J connectivity index is 0.00000112. The molecule has 0 aliphatic carbocycles. The number of aromatic nitrogens is 1. The molecule has 1 aromatic heterocycles. The lowest BCUT2D eigenvalue weighted by atomic mass is 10.1. The number of carbonyl (C=O) groups is 1. The van der Waals surface area contributed by atoms with Crippen LogP contribution in [-0.4, -0.2) is 23.5 Å². The summed E-state index contributed by atoms with van der Waals surface area (Å²) in [5, 5.41) is 6.57. The molecule has 2 N–H and O–H groups in total. The molecule has 1 aliphatic rings. The summed E-state index contributed by atoms with van der Waals surface area (Å²) < 4.78 is 0. The van der Waals surface area contributed by atoms with Gasteiger partial charge in [-0.1, -0.05) is 0 Å². The van der Waals surface area contributed by atoms with E-state index in [1.165, 1.54) is 11.3 Å². The number of nitrogens with zero attached hydrogens (tertiary/aromatic N) is 1. The average molecular weight is 248 g/mol. The van der Waals surface area contributed by atoms with Crippen molar-refractivity contribution in [1.29, 1.82) is 0 Å². The summed E-state index contributed by atoms with van der Waals surface area (Å²) in [5.74, 6) is 0.0324. The van der Waals surface area contributed by atoms with Crippen molar-refractivity contribution in [3.05, 3.63) is 10.6 Å². The van der Waals surface area contributed by atoms with E-state index in [2.05, 4.69) is 15.6 Å². The molecular weight excluding hydrogens is 234 g/mol. The second-order valence-corrected chi connectivity index (χ2v) is 4.65. The lowest BCUT2D eigenvalue weighted by molar-refractivity contribution is -0.119. The van der Waals surface area contributed by atoms with Crippen LogP contribution in [0.15, 0.2) is 0 Å². The Morgan fingerprint density at radius 3 is 2.67 bits per heavy atom. The van der Waals surface area contributed by atoms with Gasteiger partial charge in [-0.15, -0.1) is 23.7 Å². The third kappa shape index (κ3) is 2.68. The summed E-state index contributed by atoms with van der Waals surface area (Å²) in [6, 6.07) is -0.0143. The van der Waals surface area contributed by atoms with Gasteiger partial charge < -0.3 is 10.6 Å². The highest BCUT2D eigenvalue weighted by atomic mass is 35.5. The number of rotatable bonds is 2. The molecule has 6 heteroatoms. The van der Waals surface area contributed by atoms with Gasteiger partial charge in [-0.2, -0.15) is 0 Å². The molecule has 84 valence electrons. The normalized spacial score (nSPS) is 18.9. The molecule has 1 atom stereocenters. The molecule has 0 unspecified atom stereocenters. The topological polar surface area (TPSA) is 54.0 Å². The standard InChI is InChI=1S/C9H13N3OS.ClH/c1-5-6(2)14-9(11-5)12-8(13)7-3-4-10-7;/h7,10H,3-4H2,1-2H3,(H,11,12,13);1H/t7-;/m1./s1. The lowest BCUT2D eigenvalue weighted by Crippen LogP contribution is -2.50. The molecule has 1 saturated heterocycles. The van der Waals surface area contributed by atoms with Crippen LogP contribution in [0.3, 0.4) is 0 Å². The average Bonchev–Trinajstić information content (AvgIpc) is 2.26. The molecule has 0 spiro atoms. The van der Waals surface area contributed by atoms with Gasteiger partial charge in [-0.05, 0) is 26.8 Å². The van der Waals surface area contributed by atoms with Gasteiger partial charge >= 0.3 is 0 Å². The first-order valence-corrected chi connectivity index (χ1v) is 5.47. The van der Waals surface area contributed by atoms with Crippen LogP contribution in [0.5, 0.6) is 0 Å². The minimum atomic E-state index is -0.0143. The minimum absolute atomic E-state index is 0. The smallest absolute Gasteiger partial charge is 0.243 e. The second-order valence-electron chi connectivity index (χ2n) is 3.45. The van der Waals surface area contributed by atoms with Crippen molar-refractivity contribution in [1.82, 2.24) is 10.3 Å². The van der Waals surface area contributed by atoms with Crippen LogP contribution >= 0.6 is 23.7 Å². The molecule has 1 aromatic rings. The Bertz CT molecular complexity index is 343. The number of carbonyl (C=O) groups excluding carboxylic acids is 1. The first kappa shape index (κ1) is 12.4. The third-order valence-corrected chi connectivity index (χ3v) is 3.39. The molecule has 0 saturated carbocycles. The summed E-state index contributed by atoms with van der Waals surface area (Å²) in [6.45, 7) is 4.89. The maximum absolute atomic E-state index is 11.5. The minimum Gasteiger partial charge on any atom is -0.306 e. The third-order valence-electron chi connectivity index (χ3n) is 2.40. The lowest BCUT2D eigenvalue weighted by Gasteiger charge is -2.25.